The van der Waals surface area contributed by atoms with Crippen LogP contribution < -0.4 is 0 Å². The summed E-state index contributed by atoms with van der Waals surface area (Å²) in [5.41, 5.74) is 1.08. The number of hydrogen-bond acceptors (Lipinski definition) is 3. The molecule has 1 aliphatic heterocycles. The van der Waals surface area contributed by atoms with Crippen molar-refractivity contribution in [1.29, 1.82) is 0 Å². The van der Waals surface area contributed by atoms with Crippen molar-refractivity contribution in [2.75, 3.05) is 6.61 Å². The van der Waals surface area contributed by atoms with Gasteiger partial charge in [-0.2, -0.15) is 0 Å². The number of ether oxygens (including phenoxy) is 2. The molecule has 1 heterocycles. The molecule has 0 unspecified atom stereocenters. The maximum atomic E-state index is 10.9. The lowest BCUT2D eigenvalue weighted by Gasteiger charge is -2.29. The van der Waals surface area contributed by atoms with Gasteiger partial charge in [0.05, 0.1) is 12.7 Å². The van der Waals surface area contributed by atoms with Gasteiger partial charge in [-0.05, 0) is 17.7 Å². The van der Waals surface area contributed by atoms with Gasteiger partial charge in [-0.3, -0.25) is 4.79 Å². The van der Waals surface area contributed by atoms with Crippen molar-refractivity contribution in [3.8, 4) is 0 Å². The first-order chi connectivity index (χ1) is 8.15. The SMILES string of the molecule is CC(=O)O[C@@H]1CCO[C@H](c2ccc(Cl)cc2)C1. The Labute approximate surface area is 106 Å². The number of hydrogen-bond donors (Lipinski definition) is 0. The van der Waals surface area contributed by atoms with Crippen molar-refractivity contribution >= 4 is 17.6 Å². The molecule has 0 aliphatic carbocycles. The molecule has 0 amide bonds. The Hall–Kier alpha value is -1.06. The quantitative estimate of drug-likeness (QED) is 0.761. The van der Waals surface area contributed by atoms with E-state index in [1.54, 1.807) is 0 Å². The van der Waals surface area contributed by atoms with Gasteiger partial charge in [-0.15, -0.1) is 0 Å². The fourth-order valence-corrected chi connectivity index (χ4v) is 2.14. The van der Waals surface area contributed by atoms with Crippen LogP contribution in [0.4, 0.5) is 0 Å². The second-order valence-electron chi connectivity index (χ2n) is 4.17. The number of esters is 1. The lowest BCUT2D eigenvalue weighted by molar-refractivity contribution is -0.153. The van der Waals surface area contributed by atoms with E-state index in [1.165, 1.54) is 6.92 Å². The third-order valence-electron chi connectivity index (χ3n) is 2.81. The van der Waals surface area contributed by atoms with E-state index in [0.29, 0.717) is 18.1 Å². The molecule has 0 saturated carbocycles. The van der Waals surface area contributed by atoms with Crippen LogP contribution in [-0.4, -0.2) is 18.7 Å². The minimum Gasteiger partial charge on any atom is -0.462 e. The van der Waals surface area contributed by atoms with Gasteiger partial charge in [0.15, 0.2) is 0 Å². The first kappa shape index (κ1) is 12.4. The van der Waals surface area contributed by atoms with E-state index >= 15 is 0 Å². The Bertz CT molecular complexity index is 388. The van der Waals surface area contributed by atoms with Gasteiger partial charge in [0.1, 0.15) is 6.10 Å². The van der Waals surface area contributed by atoms with Crippen molar-refractivity contribution in [3.63, 3.8) is 0 Å². The zero-order valence-corrected chi connectivity index (χ0v) is 10.4. The monoisotopic (exact) mass is 254 g/mol. The number of rotatable bonds is 2. The molecule has 0 radical (unpaired) electrons. The number of carbonyl (C=O) groups excluding carboxylic acids is 1. The molecule has 17 heavy (non-hydrogen) atoms. The van der Waals surface area contributed by atoms with Gasteiger partial charge in [0.2, 0.25) is 0 Å². The Morgan fingerprint density at radius 1 is 1.41 bits per heavy atom. The number of carbonyl (C=O) groups is 1. The Morgan fingerprint density at radius 3 is 2.76 bits per heavy atom. The van der Waals surface area contributed by atoms with Crippen molar-refractivity contribution in [1.82, 2.24) is 0 Å². The fraction of sp³-hybridized carbons (Fsp3) is 0.462. The lowest BCUT2D eigenvalue weighted by atomic mass is 9.99. The maximum absolute atomic E-state index is 10.9. The van der Waals surface area contributed by atoms with Crippen LogP contribution in [0.2, 0.25) is 5.02 Å². The molecule has 2 rings (SSSR count). The van der Waals surface area contributed by atoms with Crippen LogP contribution in [0.3, 0.4) is 0 Å². The third-order valence-corrected chi connectivity index (χ3v) is 3.06. The molecule has 0 N–H and O–H groups in total. The van der Waals surface area contributed by atoms with Crippen molar-refractivity contribution in [3.05, 3.63) is 34.9 Å². The van der Waals surface area contributed by atoms with Gasteiger partial charge < -0.3 is 9.47 Å². The van der Waals surface area contributed by atoms with Crippen molar-refractivity contribution in [2.45, 2.75) is 32.0 Å². The Morgan fingerprint density at radius 2 is 2.12 bits per heavy atom. The molecule has 1 aromatic rings. The van der Waals surface area contributed by atoms with Gasteiger partial charge in [0, 0.05) is 24.8 Å². The van der Waals surface area contributed by atoms with Crippen LogP contribution >= 0.6 is 11.6 Å². The maximum Gasteiger partial charge on any atom is 0.302 e. The minimum absolute atomic E-state index is 0.00892. The summed E-state index contributed by atoms with van der Waals surface area (Å²) in [6, 6.07) is 7.58. The normalized spacial score (nSPS) is 24.4. The summed E-state index contributed by atoms with van der Waals surface area (Å²) in [7, 11) is 0. The smallest absolute Gasteiger partial charge is 0.302 e. The van der Waals surface area contributed by atoms with E-state index < -0.39 is 0 Å². The van der Waals surface area contributed by atoms with Gasteiger partial charge in [-0.25, -0.2) is 0 Å². The molecule has 0 bridgehead atoms. The zero-order valence-electron chi connectivity index (χ0n) is 9.69. The second-order valence-corrected chi connectivity index (χ2v) is 4.60. The number of benzene rings is 1. The molecule has 2 atom stereocenters. The predicted octanol–water partition coefficient (Wildman–Crippen LogP) is 3.12. The summed E-state index contributed by atoms with van der Waals surface area (Å²) >= 11 is 5.84. The Kier molecular flexibility index (Phi) is 4.02. The lowest BCUT2D eigenvalue weighted by Crippen LogP contribution is -2.27. The predicted molar refractivity (Wildman–Crippen MR) is 64.9 cm³/mol. The van der Waals surface area contributed by atoms with Crippen LogP contribution in [0, 0.1) is 0 Å². The highest BCUT2D eigenvalue weighted by molar-refractivity contribution is 6.30. The third kappa shape index (κ3) is 3.45. The van der Waals surface area contributed by atoms with Crippen LogP contribution in [0.25, 0.3) is 0 Å². The average molecular weight is 255 g/mol. The van der Waals surface area contributed by atoms with Crippen LogP contribution in [-0.2, 0) is 14.3 Å². The summed E-state index contributed by atoms with van der Waals surface area (Å²) in [6.07, 6.45) is 1.43. The largest absolute Gasteiger partial charge is 0.462 e. The van der Waals surface area contributed by atoms with E-state index in [-0.39, 0.29) is 18.2 Å². The standard InChI is InChI=1S/C13H15ClO3/c1-9(15)17-12-6-7-16-13(8-12)10-2-4-11(14)5-3-10/h2-5,12-13H,6-8H2,1H3/t12-,13+/m1/s1. The zero-order chi connectivity index (χ0) is 12.3. The molecule has 4 heteroatoms. The highest BCUT2D eigenvalue weighted by atomic mass is 35.5. The van der Waals surface area contributed by atoms with Crippen LogP contribution in [0.15, 0.2) is 24.3 Å². The summed E-state index contributed by atoms with van der Waals surface area (Å²) in [6.45, 7) is 2.05. The first-order valence-electron chi connectivity index (χ1n) is 5.69. The molecule has 1 aromatic carbocycles. The van der Waals surface area contributed by atoms with E-state index in [2.05, 4.69) is 0 Å². The Balaban J connectivity index is 2.01. The molecule has 92 valence electrons. The first-order valence-corrected chi connectivity index (χ1v) is 6.07. The molecule has 0 aromatic heterocycles. The molecule has 0 spiro atoms. The molecular weight excluding hydrogens is 240 g/mol. The fourth-order valence-electron chi connectivity index (χ4n) is 2.02. The van der Waals surface area contributed by atoms with Crippen LogP contribution in [0.5, 0.6) is 0 Å². The summed E-state index contributed by atoms with van der Waals surface area (Å²) in [5.74, 6) is -0.230. The topological polar surface area (TPSA) is 35.5 Å². The molecule has 1 aliphatic rings. The van der Waals surface area contributed by atoms with Gasteiger partial charge in [-0.1, -0.05) is 23.7 Å². The van der Waals surface area contributed by atoms with E-state index in [4.69, 9.17) is 21.1 Å². The van der Waals surface area contributed by atoms with E-state index in [0.717, 1.165) is 12.0 Å². The van der Waals surface area contributed by atoms with Gasteiger partial charge in [0.25, 0.3) is 0 Å². The summed E-state index contributed by atoms with van der Waals surface area (Å²) in [4.78, 5) is 10.9. The van der Waals surface area contributed by atoms with E-state index in [1.807, 2.05) is 24.3 Å². The molecule has 1 fully saturated rings. The highest BCUT2D eigenvalue weighted by Crippen LogP contribution is 2.30. The van der Waals surface area contributed by atoms with Crippen molar-refractivity contribution < 1.29 is 14.3 Å². The second kappa shape index (κ2) is 5.52. The molecular formula is C13H15ClO3. The molecule has 3 nitrogen and oxygen atoms in total. The average Bonchev–Trinajstić information content (AvgIpc) is 2.29. The van der Waals surface area contributed by atoms with Crippen molar-refractivity contribution in [2.24, 2.45) is 0 Å². The minimum atomic E-state index is -0.230. The summed E-state index contributed by atoms with van der Waals surface area (Å²) < 4.78 is 10.9. The van der Waals surface area contributed by atoms with Crippen LogP contribution in [0.1, 0.15) is 31.4 Å². The number of halogens is 1. The highest BCUT2D eigenvalue weighted by Gasteiger charge is 2.25. The molecule has 1 saturated heterocycles. The van der Waals surface area contributed by atoms with Gasteiger partial charge >= 0.3 is 5.97 Å². The summed E-state index contributed by atoms with van der Waals surface area (Å²) in [5, 5.41) is 0.709. The van der Waals surface area contributed by atoms with E-state index in [9.17, 15) is 4.79 Å².